The van der Waals surface area contributed by atoms with E-state index in [0.29, 0.717) is 22.7 Å². The average Bonchev–Trinajstić information content (AvgIpc) is 3.10. The van der Waals surface area contributed by atoms with Crippen molar-refractivity contribution in [2.75, 3.05) is 5.01 Å². The van der Waals surface area contributed by atoms with Crippen molar-refractivity contribution >= 4 is 23.0 Å². The molecule has 0 amide bonds. The highest BCUT2D eigenvalue weighted by molar-refractivity contribution is 6.30. The highest BCUT2D eigenvalue weighted by Gasteiger charge is 2.31. The lowest BCUT2D eigenvalue weighted by Crippen LogP contribution is -2.18. The summed E-state index contributed by atoms with van der Waals surface area (Å²) in [5, 5.41) is 17.4. The Morgan fingerprint density at radius 1 is 1.00 bits per heavy atom. The number of hydrazone groups is 1. The zero-order valence-corrected chi connectivity index (χ0v) is 14.6. The van der Waals surface area contributed by atoms with E-state index in [1.165, 1.54) is 18.2 Å². The summed E-state index contributed by atoms with van der Waals surface area (Å²) in [7, 11) is 0. The van der Waals surface area contributed by atoms with Gasteiger partial charge >= 0.3 is 0 Å². The number of anilines is 1. The van der Waals surface area contributed by atoms with Crippen molar-refractivity contribution in [1.82, 2.24) is 0 Å². The molecule has 5 heteroatoms. The van der Waals surface area contributed by atoms with E-state index < -0.39 is 5.82 Å². The second-order valence-corrected chi connectivity index (χ2v) is 6.60. The summed E-state index contributed by atoms with van der Waals surface area (Å²) >= 11 is 6.02. The van der Waals surface area contributed by atoms with Crippen LogP contribution in [-0.4, -0.2) is 10.8 Å². The standard InChI is InChI=1S/C21H16ClFN2O/c22-15-8-6-14(7-9-15)20-13-19(18-12-16(23)10-11-21(18)26)24-25(20)17-4-2-1-3-5-17/h1-12,20,26H,13H2/t20-/m1/s1. The largest absolute Gasteiger partial charge is 0.507 e. The second kappa shape index (κ2) is 6.81. The minimum absolute atomic E-state index is 0.0231. The van der Waals surface area contributed by atoms with E-state index >= 15 is 0 Å². The fourth-order valence-electron chi connectivity index (χ4n) is 3.18. The molecule has 4 rings (SSSR count). The zero-order valence-electron chi connectivity index (χ0n) is 13.8. The van der Waals surface area contributed by atoms with Gasteiger partial charge in [0.15, 0.2) is 0 Å². The van der Waals surface area contributed by atoms with Crippen molar-refractivity contribution in [3.8, 4) is 5.75 Å². The summed E-state index contributed by atoms with van der Waals surface area (Å²) in [5.74, 6) is -0.378. The third-order valence-corrected chi connectivity index (χ3v) is 4.71. The predicted octanol–water partition coefficient (Wildman–Crippen LogP) is 5.54. The molecule has 0 bridgehead atoms. The Hall–Kier alpha value is -2.85. The maximum Gasteiger partial charge on any atom is 0.124 e. The average molecular weight is 367 g/mol. The minimum Gasteiger partial charge on any atom is -0.507 e. The Kier molecular flexibility index (Phi) is 4.35. The summed E-state index contributed by atoms with van der Waals surface area (Å²) in [5.41, 5.74) is 3.04. The third kappa shape index (κ3) is 3.16. The van der Waals surface area contributed by atoms with Crippen LogP contribution in [0.25, 0.3) is 0 Å². The molecule has 3 nitrogen and oxygen atoms in total. The quantitative estimate of drug-likeness (QED) is 0.660. The number of nitrogens with zero attached hydrogens (tertiary/aromatic N) is 2. The molecule has 0 unspecified atom stereocenters. The first-order valence-corrected chi connectivity index (χ1v) is 8.66. The number of benzene rings is 3. The van der Waals surface area contributed by atoms with E-state index in [2.05, 4.69) is 0 Å². The highest BCUT2D eigenvalue weighted by Crippen LogP contribution is 2.38. The van der Waals surface area contributed by atoms with Gasteiger partial charge in [0.25, 0.3) is 0 Å². The van der Waals surface area contributed by atoms with Crippen LogP contribution in [-0.2, 0) is 0 Å². The predicted molar refractivity (Wildman–Crippen MR) is 102 cm³/mol. The number of phenols is 1. The number of phenolic OH excluding ortho intramolecular Hbond substituents is 1. The monoisotopic (exact) mass is 366 g/mol. The molecule has 0 aromatic heterocycles. The number of rotatable bonds is 3. The van der Waals surface area contributed by atoms with Crippen molar-refractivity contribution in [3.05, 3.63) is 94.8 Å². The number of halogens is 2. The van der Waals surface area contributed by atoms with Crippen LogP contribution in [0, 0.1) is 5.82 Å². The van der Waals surface area contributed by atoms with Crippen LogP contribution in [0.3, 0.4) is 0 Å². The zero-order chi connectivity index (χ0) is 18.1. The molecule has 1 atom stereocenters. The van der Waals surface area contributed by atoms with Gasteiger partial charge in [0.1, 0.15) is 11.6 Å². The summed E-state index contributed by atoms with van der Waals surface area (Å²) < 4.78 is 13.7. The Morgan fingerprint density at radius 3 is 2.46 bits per heavy atom. The van der Waals surface area contributed by atoms with Crippen molar-refractivity contribution in [3.63, 3.8) is 0 Å². The molecular weight excluding hydrogens is 351 g/mol. The molecule has 1 aliphatic rings. The highest BCUT2D eigenvalue weighted by atomic mass is 35.5. The van der Waals surface area contributed by atoms with Gasteiger partial charge in [-0.1, -0.05) is 41.9 Å². The maximum absolute atomic E-state index is 13.7. The van der Waals surface area contributed by atoms with E-state index in [1.54, 1.807) is 0 Å². The van der Waals surface area contributed by atoms with Gasteiger partial charge in [-0.15, -0.1) is 0 Å². The van der Waals surface area contributed by atoms with Gasteiger partial charge in [-0.3, -0.25) is 5.01 Å². The lowest BCUT2D eigenvalue weighted by Gasteiger charge is -2.24. The number of hydrogen-bond acceptors (Lipinski definition) is 3. The van der Waals surface area contributed by atoms with Crippen LogP contribution >= 0.6 is 11.6 Å². The van der Waals surface area contributed by atoms with Crippen molar-refractivity contribution in [1.29, 1.82) is 0 Å². The molecule has 3 aromatic carbocycles. The van der Waals surface area contributed by atoms with E-state index in [9.17, 15) is 9.50 Å². The van der Waals surface area contributed by atoms with Gasteiger partial charge in [-0.05, 0) is 48.0 Å². The summed E-state index contributed by atoms with van der Waals surface area (Å²) in [6, 6.07) is 21.3. The van der Waals surface area contributed by atoms with Crippen molar-refractivity contribution < 1.29 is 9.50 Å². The maximum atomic E-state index is 13.7. The molecule has 0 saturated carbocycles. The lowest BCUT2D eigenvalue weighted by atomic mass is 9.97. The Bertz CT molecular complexity index is 958. The van der Waals surface area contributed by atoms with Crippen LogP contribution in [0.5, 0.6) is 5.75 Å². The summed E-state index contributed by atoms with van der Waals surface area (Å²) in [4.78, 5) is 0. The molecule has 1 heterocycles. The first-order valence-electron chi connectivity index (χ1n) is 8.28. The Balaban J connectivity index is 1.78. The molecule has 0 spiro atoms. The summed E-state index contributed by atoms with van der Waals surface area (Å²) in [6.07, 6.45) is 0.549. The molecule has 3 aromatic rings. The molecule has 0 saturated heterocycles. The van der Waals surface area contributed by atoms with E-state index in [4.69, 9.17) is 16.7 Å². The van der Waals surface area contributed by atoms with Crippen LogP contribution in [0.4, 0.5) is 10.1 Å². The van der Waals surface area contributed by atoms with Gasteiger partial charge in [-0.25, -0.2) is 4.39 Å². The minimum atomic E-state index is -0.401. The molecule has 1 aliphatic heterocycles. The lowest BCUT2D eigenvalue weighted by molar-refractivity contribution is 0.471. The second-order valence-electron chi connectivity index (χ2n) is 6.16. The van der Waals surface area contributed by atoms with Gasteiger partial charge < -0.3 is 5.11 Å². The Labute approximate surface area is 156 Å². The summed E-state index contributed by atoms with van der Waals surface area (Å²) in [6.45, 7) is 0. The topological polar surface area (TPSA) is 35.8 Å². The number of hydrogen-bond donors (Lipinski definition) is 1. The number of aromatic hydroxyl groups is 1. The van der Waals surface area contributed by atoms with Gasteiger partial charge in [0, 0.05) is 17.0 Å². The molecule has 0 aliphatic carbocycles. The fourth-order valence-corrected chi connectivity index (χ4v) is 3.30. The first-order chi connectivity index (χ1) is 12.6. The van der Waals surface area contributed by atoms with Crippen molar-refractivity contribution in [2.24, 2.45) is 5.10 Å². The van der Waals surface area contributed by atoms with Crippen LogP contribution < -0.4 is 5.01 Å². The van der Waals surface area contributed by atoms with E-state index in [0.717, 1.165) is 11.3 Å². The van der Waals surface area contributed by atoms with Gasteiger partial charge in [0.2, 0.25) is 0 Å². The molecule has 130 valence electrons. The molecule has 1 N–H and O–H groups in total. The number of para-hydroxylation sites is 1. The molecule has 26 heavy (non-hydrogen) atoms. The van der Waals surface area contributed by atoms with Crippen LogP contribution in [0.1, 0.15) is 23.6 Å². The molecule has 0 radical (unpaired) electrons. The fraction of sp³-hybridized carbons (Fsp3) is 0.0952. The Morgan fingerprint density at radius 2 is 1.73 bits per heavy atom. The molecular formula is C21H16ClFN2O. The van der Waals surface area contributed by atoms with E-state index in [1.807, 2.05) is 59.6 Å². The van der Waals surface area contributed by atoms with E-state index in [-0.39, 0.29) is 11.8 Å². The van der Waals surface area contributed by atoms with Crippen molar-refractivity contribution in [2.45, 2.75) is 12.5 Å². The molecule has 0 fully saturated rings. The third-order valence-electron chi connectivity index (χ3n) is 4.46. The smallest absolute Gasteiger partial charge is 0.124 e. The first kappa shape index (κ1) is 16.6. The SMILES string of the molecule is Oc1ccc(F)cc1C1=NN(c2ccccc2)[C@@H](c2ccc(Cl)cc2)C1. The normalized spacial score (nSPS) is 16.6. The van der Waals surface area contributed by atoms with Gasteiger partial charge in [-0.2, -0.15) is 5.10 Å². The van der Waals surface area contributed by atoms with Gasteiger partial charge in [0.05, 0.1) is 17.4 Å². The van der Waals surface area contributed by atoms with Crippen LogP contribution in [0.2, 0.25) is 5.02 Å². The van der Waals surface area contributed by atoms with Crippen LogP contribution in [0.15, 0.2) is 77.9 Å².